The van der Waals surface area contributed by atoms with Gasteiger partial charge in [-0.15, -0.1) is 0 Å². The summed E-state index contributed by atoms with van der Waals surface area (Å²) < 4.78 is 5.38. The maximum atomic E-state index is 12.4. The van der Waals surface area contributed by atoms with Crippen LogP contribution >= 0.6 is 0 Å². The van der Waals surface area contributed by atoms with Gasteiger partial charge < -0.3 is 15.0 Å². The monoisotopic (exact) mass is 314 g/mol. The molecule has 0 spiro atoms. The molecule has 2 N–H and O–H groups in total. The van der Waals surface area contributed by atoms with Crippen LogP contribution in [0.2, 0.25) is 0 Å². The van der Waals surface area contributed by atoms with E-state index < -0.39 is 0 Å². The SMILES string of the molecule is CCOc1cc(CNC(=O)[C@H]2CCc3nc(C)[nH]c3C2)ccn1. The lowest BCUT2D eigenvalue weighted by Crippen LogP contribution is -2.33. The first-order valence-electron chi connectivity index (χ1n) is 8.05. The van der Waals surface area contributed by atoms with Gasteiger partial charge in [-0.3, -0.25) is 4.79 Å². The first-order chi connectivity index (χ1) is 11.2. The van der Waals surface area contributed by atoms with E-state index in [4.69, 9.17) is 4.74 Å². The predicted molar refractivity (Wildman–Crippen MR) is 86.1 cm³/mol. The first kappa shape index (κ1) is 15.5. The second-order valence-corrected chi connectivity index (χ2v) is 5.84. The van der Waals surface area contributed by atoms with Gasteiger partial charge in [0.1, 0.15) is 5.82 Å². The van der Waals surface area contributed by atoms with E-state index in [1.54, 1.807) is 6.20 Å². The number of rotatable bonds is 5. The number of fused-ring (bicyclic) bond motifs is 1. The molecular formula is C17H22N4O2. The number of aromatic amines is 1. The number of hydrogen-bond acceptors (Lipinski definition) is 4. The average molecular weight is 314 g/mol. The molecule has 3 rings (SSSR count). The van der Waals surface area contributed by atoms with Crippen LogP contribution in [0.1, 0.15) is 36.1 Å². The molecule has 0 saturated heterocycles. The molecule has 2 heterocycles. The molecule has 1 aliphatic carbocycles. The van der Waals surface area contributed by atoms with Crippen LogP contribution in [0.15, 0.2) is 18.3 Å². The molecule has 1 atom stereocenters. The highest BCUT2D eigenvalue weighted by molar-refractivity contribution is 5.79. The van der Waals surface area contributed by atoms with E-state index in [1.165, 1.54) is 0 Å². The van der Waals surface area contributed by atoms with Crippen molar-refractivity contribution in [2.75, 3.05) is 6.61 Å². The van der Waals surface area contributed by atoms with Gasteiger partial charge in [0.2, 0.25) is 11.8 Å². The van der Waals surface area contributed by atoms with E-state index in [0.29, 0.717) is 19.0 Å². The number of hydrogen-bond donors (Lipinski definition) is 2. The van der Waals surface area contributed by atoms with Crippen LogP contribution < -0.4 is 10.1 Å². The largest absolute Gasteiger partial charge is 0.478 e. The van der Waals surface area contributed by atoms with Crippen molar-refractivity contribution < 1.29 is 9.53 Å². The topological polar surface area (TPSA) is 79.9 Å². The van der Waals surface area contributed by atoms with Crippen LogP contribution in [0.4, 0.5) is 0 Å². The fraction of sp³-hybridized carbons (Fsp3) is 0.471. The van der Waals surface area contributed by atoms with Gasteiger partial charge >= 0.3 is 0 Å². The molecule has 122 valence electrons. The smallest absolute Gasteiger partial charge is 0.223 e. The minimum absolute atomic E-state index is 0.00977. The Morgan fingerprint density at radius 2 is 2.39 bits per heavy atom. The van der Waals surface area contributed by atoms with Crippen molar-refractivity contribution in [1.82, 2.24) is 20.3 Å². The maximum Gasteiger partial charge on any atom is 0.223 e. The van der Waals surface area contributed by atoms with Crippen LogP contribution in [0.5, 0.6) is 5.88 Å². The van der Waals surface area contributed by atoms with Gasteiger partial charge in [0.05, 0.1) is 12.3 Å². The predicted octanol–water partition coefficient (Wildman–Crippen LogP) is 1.93. The zero-order valence-electron chi connectivity index (χ0n) is 13.6. The Morgan fingerprint density at radius 1 is 1.52 bits per heavy atom. The summed E-state index contributed by atoms with van der Waals surface area (Å²) in [6.45, 7) is 4.95. The lowest BCUT2D eigenvalue weighted by atomic mass is 9.89. The highest BCUT2D eigenvalue weighted by Gasteiger charge is 2.26. The van der Waals surface area contributed by atoms with Crippen LogP contribution in [0.25, 0.3) is 0 Å². The van der Waals surface area contributed by atoms with E-state index in [2.05, 4.69) is 20.3 Å². The quantitative estimate of drug-likeness (QED) is 0.884. The lowest BCUT2D eigenvalue weighted by Gasteiger charge is -2.20. The second-order valence-electron chi connectivity index (χ2n) is 5.84. The summed E-state index contributed by atoms with van der Waals surface area (Å²) in [7, 11) is 0. The number of aryl methyl sites for hydroxylation is 2. The van der Waals surface area contributed by atoms with E-state index >= 15 is 0 Å². The summed E-state index contributed by atoms with van der Waals surface area (Å²) in [5.74, 6) is 1.62. The van der Waals surface area contributed by atoms with Crippen molar-refractivity contribution in [3.05, 3.63) is 41.1 Å². The zero-order valence-corrected chi connectivity index (χ0v) is 13.6. The number of H-pyrrole nitrogens is 1. The fourth-order valence-corrected chi connectivity index (χ4v) is 2.97. The Morgan fingerprint density at radius 3 is 3.22 bits per heavy atom. The zero-order chi connectivity index (χ0) is 16.2. The normalized spacial score (nSPS) is 16.7. The van der Waals surface area contributed by atoms with Gasteiger partial charge in [0.25, 0.3) is 0 Å². The highest BCUT2D eigenvalue weighted by atomic mass is 16.5. The third-order valence-corrected chi connectivity index (χ3v) is 4.09. The number of nitrogens with one attached hydrogen (secondary N) is 2. The van der Waals surface area contributed by atoms with E-state index in [1.807, 2.05) is 26.0 Å². The molecule has 6 heteroatoms. The number of imidazole rings is 1. The third kappa shape index (κ3) is 3.70. The van der Waals surface area contributed by atoms with Gasteiger partial charge in [-0.1, -0.05) is 0 Å². The molecule has 6 nitrogen and oxygen atoms in total. The van der Waals surface area contributed by atoms with Crippen molar-refractivity contribution >= 4 is 5.91 Å². The van der Waals surface area contributed by atoms with Crippen LogP contribution in [0.3, 0.4) is 0 Å². The Labute approximate surface area is 135 Å². The molecule has 0 radical (unpaired) electrons. The van der Waals surface area contributed by atoms with Crippen LogP contribution in [0, 0.1) is 12.8 Å². The maximum absolute atomic E-state index is 12.4. The highest BCUT2D eigenvalue weighted by Crippen LogP contribution is 2.24. The van der Waals surface area contributed by atoms with Gasteiger partial charge in [-0.25, -0.2) is 9.97 Å². The minimum atomic E-state index is 0.00977. The van der Waals surface area contributed by atoms with Crippen molar-refractivity contribution in [2.24, 2.45) is 5.92 Å². The first-order valence-corrected chi connectivity index (χ1v) is 8.05. The molecule has 23 heavy (non-hydrogen) atoms. The Hall–Kier alpha value is -2.37. The molecule has 0 aromatic carbocycles. The molecule has 0 unspecified atom stereocenters. The summed E-state index contributed by atoms with van der Waals surface area (Å²) >= 11 is 0. The van der Waals surface area contributed by atoms with E-state index in [9.17, 15) is 4.79 Å². The number of carbonyl (C=O) groups excluding carboxylic acids is 1. The van der Waals surface area contributed by atoms with E-state index in [-0.39, 0.29) is 11.8 Å². The minimum Gasteiger partial charge on any atom is -0.478 e. The number of nitrogens with zero attached hydrogens (tertiary/aromatic N) is 2. The molecule has 0 aliphatic heterocycles. The molecular weight excluding hydrogens is 292 g/mol. The number of pyridine rings is 1. The van der Waals surface area contributed by atoms with Gasteiger partial charge in [0.15, 0.2) is 0 Å². The van der Waals surface area contributed by atoms with Crippen molar-refractivity contribution in [2.45, 2.75) is 39.7 Å². The molecule has 2 aromatic rings. The van der Waals surface area contributed by atoms with Crippen LogP contribution in [-0.4, -0.2) is 27.5 Å². The summed E-state index contributed by atoms with van der Waals surface area (Å²) in [5.41, 5.74) is 3.21. The summed E-state index contributed by atoms with van der Waals surface area (Å²) in [4.78, 5) is 24.3. The molecule has 2 aromatic heterocycles. The molecule has 0 saturated carbocycles. The number of amides is 1. The Balaban J connectivity index is 1.57. The standard InChI is InChI=1S/C17H22N4O2/c1-3-23-16-8-12(6-7-18-16)10-19-17(22)13-4-5-14-15(9-13)21-11(2)20-14/h6-8,13H,3-5,9-10H2,1-2H3,(H,19,22)(H,20,21)/t13-/m0/s1. The Bertz CT molecular complexity index is 696. The molecule has 1 aliphatic rings. The van der Waals surface area contributed by atoms with Gasteiger partial charge in [-0.05, 0) is 38.3 Å². The average Bonchev–Trinajstić information content (AvgIpc) is 2.92. The van der Waals surface area contributed by atoms with Crippen molar-refractivity contribution in [3.63, 3.8) is 0 Å². The summed E-state index contributed by atoms with van der Waals surface area (Å²) in [6, 6.07) is 3.75. The van der Waals surface area contributed by atoms with Crippen molar-refractivity contribution in [3.8, 4) is 5.88 Å². The molecule has 0 bridgehead atoms. The lowest BCUT2D eigenvalue weighted by molar-refractivity contribution is -0.125. The Kier molecular flexibility index (Phi) is 4.60. The van der Waals surface area contributed by atoms with Gasteiger partial charge in [0, 0.05) is 36.8 Å². The molecule has 1 amide bonds. The molecule has 0 fully saturated rings. The number of aromatic nitrogens is 3. The second kappa shape index (κ2) is 6.81. The number of ether oxygens (including phenoxy) is 1. The third-order valence-electron chi connectivity index (χ3n) is 4.09. The van der Waals surface area contributed by atoms with Crippen LogP contribution in [-0.2, 0) is 24.2 Å². The van der Waals surface area contributed by atoms with E-state index in [0.717, 1.165) is 42.0 Å². The summed E-state index contributed by atoms with van der Waals surface area (Å²) in [6.07, 6.45) is 4.15. The van der Waals surface area contributed by atoms with Crippen molar-refractivity contribution in [1.29, 1.82) is 0 Å². The van der Waals surface area contributed by atoms with Gasteiger partial charge in [-0.2, -0.15) is 0 Å². The number of carbonyl (C=O) groups is 1. The summed E-state index contributed by atoms with van der Waals surface area (Å²) in [5, 5.41) is 3.02. The fourth-order valence-electron chi connectivity index (χ4n) is 2.97.